The number of rotatable bonds is 3. The van der Waals surface area contributed by atoms with E-state index in [4.69, 9.17) is 4.74 Å². The average Bonchev–Trinajstić information content (AvgIpc) is 2.76. The van der Waals surface area contributed by atoms with E-state index in [1.54, 1.807) is 17.3 Å². The van der Waals surface area contributed by atoms with Gasteiger partial charge in [-0.1, -0.05) is 0 Å². The van der Waals surface area contributed by atoms with Gasteiger partial charge in [-0.15, -0.1) is 0 Å². The number of likely N-dealkylation sites (tertiary alicyclic amines) is 1. The average molecular weight is 274 g/mol. The van der Waals surface area contributed by atoms with E-state index in [0.29, 0.717) is 13.1 Å². The van der Waals surface area contributed by atoms with Crippen molar-refractivity contribution in [2.45, 2.75) is 31.7 Å². The van der Waals surface area contributed by atoms with Crippen LogP contribution in [0.1, 0.15) is 17.5 Å². The highest BCUT2D eigenvalue weighted by molar-refractivity contribution is 5.21. The lowest BCUT2D eigenvalue weighted by atomic mass is 10.0. The predicted molar refractivity (Wildman–Crippen MR) is 64.7 cm³/mol. The van der Waals surface area contributed by atoms with Crippen molar-refractivity contribution in [2.75, 3.05) is 20.2 Å². The smallest absolute Gasteiger partial charge is 0.367 e. The Morgan fingerprint density at radius 1 is 1.47 bits per heavy atom. The highest BCUT2D eigenvalue weighted by Gasteiger charge is 2.58. The molecule has 1 atom stereocenters. The van der Waals surface area contributed by atoms with Gasteiger partial charge in [0.15, 0.2) is 5.60 Å². The van der Waals surface area contributed by atoms with Crippen LogP contribution in [0.3, 0.4) is 0 Å². The molecule has 0 aromatic carbocycles. The van der Waals surface area contributed by atoms with Crippen molar-refractivity contribution in [1.29, 1.82) is 0 Å². The van der Waals surface area contributed by atoms with Crippen LogP contribution in [0, 0.1) is 6.92 Å². The van der Waals surface area contributed by atoms with Crippen LogP contribution in [0.25, 0.3) is 0 Å². The van der Waals surface area contributed by atoms with E-state index in [2.05, 4.69) is 4.98 Å². The lowest BCUT2D eigenvalue weighted by Gasteiger charge is -2.30. The Balaban J connectivity index is 2.09. The normalized spacial score (nSPS) is 24.9. The molecule has 1 aromatic heterocycles. The van der Waals surface area contributed by atoms with Crippen LogP contribution in [-0.4, -0.2) is 41.9 Å². The van der Waals surface area contributed by atoms with E-state index in [0.717, 1.165) is 18.2 Å². The van der Waals surface area contributed by atoms with Gasteiger partial charge < -0.3 is 4.74 Å². The number of ether oxygens (including phenoxy) is 1. The summed E-state index contributed by atoms with van der Waals surface area (Å²) in [5, 5.41) is 0. The van der Waals surface area contributed by atoms with Gasteiger partial charge in [-0.3, -0.25) is 9.88 Å². The number of hydrogen-bond acceptors (Lipinski definition) is 3. The largest absolute Gasteiger partial charge is 0.418 e. The fourth-order valence-corrected chi connectivity index (χ4v) is 2.41. The predicted octanol–water partition coefficient (Wildman–Crippen LogP) is 2.54. The molecule has 0 amide bonds. The molecule has 1 aromatic rings. The highest BCUT2D eigenvalue weighted by atomic mass is 19.4. The Morgan fingerprint density at radius 2 is 2.21 bits per heavy atom. The highest BCUT2D eigenvalue weighted by Crippen LogP contribution is 2.40. The molecule has 1 aliphatic heterocycles. The Kier molecular flexibility index (Phi) is 3.82. The molecule has 2 heterocycles. The zero-order valence-electron chi connectivity index (χ0n) is 11.0. The zero-order chi connectivity index (χ0) is 14.1. The quantitative estimate of drug-likeness (QED) is 0.847. The van der Waals surface area contributed by atoms with Gasteiger partial charge in [-0.2, -0.15) is 13.2 Å². The summed E-state index contributed by atoms with van der Waals surface area (Å²) in [6.45, 7) is 2.66. The first-order valence-electron chi connectivity index (χ1n) is 6.12. The van der Waals surface area contributed by atoms with Crippen molar-refractivity contribution in [3.63, 3.8) is 0 Å². The van der Waals surface area contributed by atoms with E-state index >= 15 is 0 Å². The minimum Gasteiger partial charge on any atom is -0.367 e. The van der Waals surface area contributed by atoms with Crippen LogP contribution in [0.2, 0.25) is 0 Å². The Morgan fingerprint density at radius 3 is 2.74 bits per heavy atom. The summed E-state index contributed by atoms with van der Waals surface area (Å²) in [6, 6.07) is 1.86. The minimum absolute atomic E-state index is 0.0215. The summed E-state index contributed by atoms with van der Waals surface area (Å²) in [5.74, 6) is 0. The molecule has 0 saturated carbocycles. The summed E-state index contributed by atoms with van der Waals surface area (Å²) >= 11 is 0. The van der Waals surface area contributed by atoms with Gasteiger partial charge in [0.25, 0.3) is 0 Å². The summed E-state index contributed by atoms with van der Waals surface area (Å²) < 4.78 is 43.9. The van der Waals surface area contributed by atoms with Gasteiger partial charge >= 0.3 is 6.18 Å². The SMILES string of the molecule is COC1(C(F)(F)F)CCN(Cc2cnccc2C)C1. The molecule has 0 radical (unpaired) electrons. The first kappa shape index (κ1) is 14.3. The van der Waals surface area contributed by atoms with Crippen molar-refractivity contribution in [3.05, 3.63) is 29.6 Å². The third kappa shape index (κ3) is 2.74. The zero-order valence-corrected chi connectivity index (χ0v) is 11.0. The van der Waals surface area contributed by atoms with Gasteiger partial charge in [-0.25, -0.2) is 0 Å². The van der Waals surface area contributed by atoms with Crippen molar-refractivity contribution >= 4 is 0 Å². The molecule has 1 saturated heterocycles. The monoisotopic (exact) mass is 274 g/mol. The maximum Gasteiger partial charge on any atom is 0.418 e. The van der Waals surface area contributed by atoms with Crippen molar-refractivity contribution < 1.29 is 17.9 Å². The molecule has 3 nitrogen and oxygen atoms in total. The molecule has 106 valence electrons. The Bertz CT molecular complexity index is 450. The van der Waals surface area contributed by atoms with Crippen LogP contribution in [0.4, 0.5) is 13.2 Å². The molecule has 6 heteroatoms. The number of alkyl halides is 3. The molecule has 0 aliphatic carbocycles. The molecule has 0 bridgehead atoms. The van der Waals surface area contributed by atoms with E-state index in [-0.39, 0.29) is 13.0 Å². The number of nitrogens with zero attached hydrogens (tertiary/aromatic N) is 2. The summed E-state index contributed by atoms with van der Waals surface area (Å²) in [6.07, 6.45) is -0.972. The van der Waals surface area contributed by atoms with E-state index in [9.17, 15) is 13.2 Å². The number of methoxy groups -OCH3 is 1. The fourth-order valence-electron chi connectivity index (χ4n) is 2.41. The second-order valence-electron chi connectivity index (χ2n) is 4.96. The third-order valence-corrected chi connectivity index (χ3v) is 3.76. The topological polar surface area (TPSA) is 25.4 Å². The van der Waals surface area contributed by atoms with Crippen LogP contribution in [-0.2, 0) is 11.3 Å². The van der Waals surface area contributed by atoms with Gasteiger partial charge in [-0.05, 0) is 30.5 Å². The van der Waals surface area contributed by atoms with Crippen molar-refractivity contribution in [1.82, 2.24) is 9.88 Å². The molecule has 2 rings (SSSR count). The third-order valence-electron chi connectivity index (χ3n) is 3.76. The molecular formula is C13H17F3N2O. The van der Waals surface area contributed by atoms with Gasteiger partial charge in [0.2, 0.25) is 0 Å². The lowest BCUT2D eigenvalue weighted by Crippen LogP contribution is -2.49. The molecule has 19 heavy (non-hydrogen) atoms. The number of aromatic nitrogens is 1. The number of halogens is 3. The van der Waals surface area contributed by atoms with Gasteiger partial charge in [0.1, 0.15) is 0 Å². The van der Waals surface area contributed by atoms with E-state index < -0.39 is 11.8 Å². The number of aryl methyl sites for hydroxylation is 1. The van der Waals surface area contributed by atoms with Crippen LogP contribution in [0.5, 0.6) is 0 Å². The standard InChI is InChI=1S/C13H17F3N2O/c1-10-3-5-17-7-11(10)8-18-6-4-12(9-18,19-2)13(14,15)16/h3,5,7H,4,6,8-9H2,1-2H3. The maximum atomic E-state index is 13.0. The first-order chi connectivity index (χ1) is 8.88. The summed E-state index contributed by atoms with van der Waals surface area (Å²) in [5.41, 5.74) is -0.0307. The van der Waals surface area contributed by atoms with E-state index in [1.807, 2.05) is 13.0 Å². The van der Waals surface area contributed by atoms with Gasteiger partial charge in [0.05, 0.1) is 0 Å². The number of hydrogen-bond donors (Lipinski definition) is 0. The minimum atomic E-state index is -4.33. The molecule has 0 spiro atoms. The molecule has 1 fully saturated rings. The fraction of sp³-hybridized carbons (Fsp3) is 0.615. The van der Waals surface area contributed by atoms with Crippen LogP contribution >= 0.6 is 0 Å². The summed E-state index contributed by atoms with van der Waals surface area (Å²) in [7, 11) is 1.13. The second-order valence-corrected chi connectivity index (χ2v) is 4.96. The first-order valence-corrected chi connectivity index (χ1v) is 6.12. The molecular weight excluding hydrogens is 257 g/mol. The lowest BCUT2D eigenvalue weighted by molar-refractivity contribution is -0.264. The molecule has 1 unspecified atom stereocenters. The van der Waals surface area contributed by atoms with Crippen molar-refractivity contribution in [3.8, 4) is 0 Å². The Hall–Kier alpha value is -1.14. The number of pyridine rings is 1. The molecule has 0 N–H and O–H groups in total. The van der Waals surface area contributed by atoms with Gasteiger partial charge in [0, 0.05) is 39.1 Å². The Labute approximate surface area is 110 Å². The second kappa shape index (κ2) is 5.09. The molecule has 1 aliphatic rings. The summed E-state index contributed by atoms with van der Waals surface area (Å²) in [4.78, 5) is 5.78. The van der Waals surface area contributed by atoms with E-state index in [1.165, 1.54) is 0 Å². The van der Waals surface area contributed by atoms with Crippen LogP contribution < -0.4 is 0 Å². The van der Waals surface area contributed by atoms with Crippen molar-refractivity contribution in [2.24, 2.45) is 0 Å². The van der Waals surface area contributed by atoms with Crippen LogP contribution in [0.15, 0.2) is 18.5 Å². The maximum absolute atomic E-state index is 13.0.